The summed E-state index contributed by atoms with van der Waals surface area (Å²) in [6.07, 6.45) is 1.02. The minimum Gasteiger partial charge on any atom is -0.478 e. The standard InChI is InChI=1S/C14H16N2O2/c1-3-10-5-6-13-11(9-10)16(8-7-15)14(17)12(4-2)18-13/h5-6,9,12H,3-4,8H2,1-2H3. The Morgan fingerprint density at radius 3 is 2.83 bits per heavy atom. The van der Waals surface area contributed by atoms with E-state index < -0.39 is 6.10 Å². The van der Waals surface area contributed by atoms with Gasteiger partial charge in [-0.15, -0.1) is 0 Å². The number of rotatable bonds is 3. The molecule has 0 N–H and O–H groups in total. The highest BCUT2D eigenvalue weighted by molar-refractivity contribution is 6.00. The number of nitrogens with zero attached hydrogens (tertiary/aromatic N) is 2. The van der Waals surface area contributed by atoms with Gasteiger partial charge in [0.05, 0.1) is 11.8 Å². The quantitative estimate of drug-likeness (QED) is 0.766. The fourth-order valence-corrected chi connectivity index (χ4v) is 2.08. The van der Waals surface area contributed by atoms with Gasteiger partial charge in [-0.3, -0.25) is 9.69 Å². The zero-order chi connectivity index (χ0) is 13.1. The molecular weight excluding hydrogens is 228 g/mol. The lowest BCUT2D eigenvalue weighted by Gasteiger charge is -2.32. The van der Waals surface area contributed by atoms with Crippen molar-refractivity contribution >= 4 is 11.6 Å². The number of carbonyl (C=O) groups excluding carboxylic acids is 1. The van der Waals surface area contributed by atoms with Gasteiger partial charge in [0, 0.05) is 0 Å². The second-order valence-electron chi connectivity index (χ2n) is 4.25. The van der Waals surface area contributed by atoms with Crippen molar-refractivity contribution in [3.05, 3.63) is 23.8 Å². The Morgan fingerprint density at radius 1 is 1.44 bits per heavy atom. The molecule has 1 aromatic rings. The van der Waals surface area contributed by atoms with E-state index in [-0.39, 0.29) is 12.5 Å². The fraction of sp³-hybridized carbons (Fsp3) is 0.429. The first-order chi connectivity index (χ1) is 8.71. The largest absolute Gasteiger partial charge is 0.478 e. The summed E-state index contributed by atoms with van der Waals surface area (Å²) in [5, 5.41) is 8.86. The van der Waals surface area contributed by atoms with Gasteiger partial charge in [-0.2, -0.15) is 5.26 Å². The summed E-state index contributed by atoms with van der Waals surface area (Å²) in [5.74, 6) is 0.564. The minimum atomic E-state index is -0.474. The van der Waals surface area contributed by atoms with Crippen LogP contribution >= 0.6 is 0 Å². The molecule has 1 heterocycles. The molecule has 0 radical (unpaired) electrons. The Morgan fingerprint density at radius 2 is 2.22 bits per heavy atom. The van der Waals surface area contributed by atoms with Crippen LogP contribution in [0.5, 0.6) is 5.75 Å². The van der Waals surface area contributed by atoms with Crippen molar-refractivity contribution in [1.29, 1.82) is 5.26 Å². The van der Waals surface area contributed by atoms with E-state index in [9.17, 15) is 4.79 Å². The molecule has 1 amide bonds. The Bertz CT molecular complexity index is 505. The third-order valence-corrected chi connectivity index (χ3v) is 3.13. The van der Waals surface area contributed by atoms with Gasteiger partial charge in [0.15, 0.2) is 6.10 Å². The lowest BCUT2D eigenvalue weighted by molar-refractivity contribution is -0.126. The number of carbonyl (C=O) groups is 1. The SMILES string of the molecule is CCc1ccc2c(c1)N(CC#N)C(=O)C(CC)O2. The topological polar surface area (TPSA) is 53.3 Å². The number of ether oxygens (including phenoxy) is 1. The summed E-state index contributed by atoms with van der Waals surface area (Å²) >= 11 is 0. The molecule has 1 aliphatic heterocycles. The van der Waals surface area contributed by atoms with Crippen molar-refractivity contribution < 1.29 is 9.53 Å². The van der Waals surface area contributed by atoms with Gasteiger partial charge >= 0.3 is 0 Å². The van der Waals surface area contributed by atoms with Crippen LogP contribution in [0.15, 0.2) is 18.2 Å². The molecule has 0 spiro atoms. The highest BCUT2D eigenvalue weighted by Crippen LogP contribution is 2.35. The van der Waals surface area contributed by atoms with E-state index in [2.05, 4.69) is 6.92 Å². The molecule has 18 heavy (non-hydrogen) atoms. The Kier molecular flexibility index (Phi) is 3.52. The van der Waals surface area contributed by atoms with Crippen LogP contribution in [0.3, 0.4) is 0 Å². The van der Waals surface area contributed by atoms with Crippen molar-refractivity contribution in [1.82, 2.24) is 0 Å². The van der Waals surface area contributed by atoms with Crippen LogP contribution in [0.2, 0.25) is 0 Å². The summed E-state index contributed by atoms with van der Waals surface area (Å²) in [7, 11) is 0. The molecular formula is C14H16N2O2. The number of nitriles is 1. The van der Waals surface area contributed by atoms with E-state index in [1.54, 1.807) is 0 Å². The molecule has 0 saturated heterocycles. The molecule has 1 unspecified atom stereocenters. The first-order valence-electron chi connectivity index (χ1n) is 6.19. The lowest BCUT2D eigenvalue weighted by atomic mass is 10.1. The van der Waals surface area contributed by atoms with Crippen LogP contribution in [0.25, 0.3) is 0 Å². The van der Waals surface area contributed by atoms with E-state index in [1.165, 1.54) is 4.90 Å². The number of aryl methyl sites for hydroxylation is 1. The van der Waals surface area contributed by atoms with Crippen molar-refractivity contribution in [3.63, 3.8) is 0 Å². The zero-order valence-electron chi connectivity index (χ0n) is 10.6. The molecule has 0 aliphatic carbocycles. The normalized spacial score (nSPS) is 17.9. The van der Waals surface area contributed by atoms with E-state index >= 15 is 0 Å². The second kappa shape index (κ2) is 5.09. The average Bonchev–Trinajstić information content (AvgIpc) is 2.41. The molecule has 1 atom stereocenters. The summed E-state index contributed by atoms with van der Waals surface area (Å²) in [6.45, 7) is 4.02. The predicted molar refractivity (Wildman–Crippen MR) is 68.5 cm³/mol. The maximum Gasteiger partial charge on any atom is 0.269 e. The van der Waals surface area contributed by atoms with Crippen LogP contribution in [0.1, 0.15) is 25.8 Å². The number of hydrogen-bond donors (Lipinski definition) is 0. The van der Waals surface area contributed by atoms with Crippen LogP contribution in [-0.2, 0) is 11.2 Å². The summed E-state index contributed by atoms with van der Waals surface area (Å²) < 4.78 is 5.67. The highest BCUT2D eigenvalue weighted by Gasteiger charge is 2.33. The minimum absolute atomic E-state index is 0.0683. The van der Waals surface area contributed by atoms with Crippen LogP contribution in [0.4, 0.5) is 5.69 Å². The van der Waals surface area contributed by atoms with E-state index in [0.717, 1.165) is 12.0 Å². The molecule has 1 aromatic carbocycles. The van der Waals surface area contributed by atoms with Gasteiger partial charge in [0.1, 0.15) is 12.3 Å². The van der Waals surface area contributed by atoms with Gasteiger partial charge in [0.25, 0.3) is 5.91 Å². The summed E-state index contributed by atoms with van der Waals surface area (Å²) in [4.78, 5) is 13.7. The third kappa shape index (κ3) is 2.04. The second-order valence-corrected chi connectivity index (χ2v) is 4.25. The number of amides is 1. The maximum atomic E-state index is 12.2. The number of anilines is 1. The Labute approximate surface area is 107 Å². The molecule has 0 saturated carbocycles. The van der Waals surface area contributed by atoms with Gasteiger partial charge in [-0.05, 0) is 30.5 Å². The molecule has 4 heteroatoms. The molecule has 0 aromatic heterocycles. The van der Waals surface area contributed by atoms with Crippen LogP contribution in [-0.4, -0.2) is 18.6 Å². The fourth-order valence-electron chi connectivity index (χ4n) is 2.08. The summed E-state index contributed by atoms with van der Waals surface area (Å²) in [6, 6.07) is 7.84. The van der Waals surface area contributed by atoms with Crippen molar-refractivity contribution in [2.75, 3.05) is 11.4 Å². The first-order valence-corrected chi connectivity index (χ1v) is 6.19. The maximum absolute atomic E-state index is 12.2. The molecule has 0 fully saturated rings. The van der Waals surface area contributed by atoms with Gasteiger partial charge in [-0.1, -0.05) is 19.9 Å². The summed E-state index contributed by atoms with van der Waals surface area (Å²) in [5.41, 5.74) is 1.84. The molecule has 94 valence electrons. The smallest absolute Gasteiger partial charge is 0.269 e. The van der Waals surface area contributed by atoms with Gasteiger partial charge in [-0.25, -0.2) is 0 Å². The van der Waals surface area contributed by atoms with Crippen molar-refractivity contribution in [2.45, 2.75) is 32.8 Å². The van der Waals surface area contributed by atoms with Crippen LogP contribution in [0, 0.1) is 11.3 Å². The van der Waals surface area contributed by atoms with Crippen molar-refractivity contribution in [3.8, 4) is 11.8 Å². The molecule has 0 bridgehead atoms. The van der Waals surface area contributed by atoms with E-state index in [4.69, 9.17) is 10.00 Å². The van der Waals surface area contributed by atoms with Gasteiger partial charge < -0.3 is 4.74 Å². The Hall–Kier alpha value is -2.02. The first kappa shape index (κ1) is 12.4. The van der Waals surface area contributed by atoms with E-state index in [0.29, 0.717) is 17.9 Å². The molecule has 4 nitrogen and oxygen atoms in total. The number of hydrogen-bond acceptors (Lipinski definition) is 3. The zero-order valence-corrected chi connectivity index (χ0v) is 10.6. The van der Waals surface area contributed by atoms with Crippen LogP contribution < -0.4 is 9.64 Å². The van der Waals surface area contributed by atoms with Gasteiger partial charge in [0.2, 0.25) is 0 Å². The van der Waals surface area contributed by atoms with E-state index in [1.807, 2.05) is 31.2 Å². The molecule has 1 aliphatic rings. The monoisotopic (exact) mass is 244 g/mol. The highest BCUT2D eigenvalue weighted by atomic mass is 16.5. The Balaban J connectivity index is 2.46. The predicted octanol–water partition coefficient (Wildman–Crippen LogP) is 2.28. The lowest BCUT2D eigenvalue weighted by Crippen LogP contribution is -2.45. The number of benzene rings is 1. The average molecular weight is 244 g/mol. The number of fused-ring (bicyclic) bond motifs is 1. The third-order valence-electron chi connectivity index (χ3n) is 3.13. The molecule has 2 rings (SSSR count). The van der Waals surface area contributed by atoms with Crippen molar-refractivity contribution in [2.24, 2.45) is 0 Å².